The second-order valence-electron chi connectivity index (χ2n) is 8.41. The second kappa shape index (κ2) is 10.8. The Bertz CT molecular complexity index is 1480. The Hall–Kier alpha value is -3.86. The molecule has 1 amide bonds. The smallest absolute Gasteiger partial charge is 0.270 e. The van der Waals surface area contributed by atoms with Gasteiger partial charge in [-0.3, -0.25) is 4.79 Å². The number of rotatable bonds is 7. The number of aromatic nitrogens is 2. The maximum absolute atomic E-state index is 13.8. The van der Waals surface area contributed by atoms with E-state index in [9.17, 15) is 4.79 Å². The molecule has 0 fully saturated rings. The molecule has 0 aliphatic heterocycles. The number of amides is 1. The molecule has 178 valence electrons. The maximum atomic E-state index is 13.8. The van der Waals surface area contributed by atoms with Crippen LogP contribution >= 0.6 is 23.2 Å². The summed E-state index contributed by atoms with van der Waals surface area (Å²) in [6.45, 7) is 0. The molecule has 0 aliphatic carbocycles. The summed E-state index contributed by atoms with van der Waals surface area (Å²) in [6, 6.07) is 36.3. The van der Waals surface area contributed by atoms with Crippen LogP contribution in [-0.2, 0) is 6.42 Å². The Morgan fingerprint density at radius 1 is 0.806 bits per heavy atom. The highest BCUT2D eigenvalue weighted by molar-refractivity contribution is 6.33. The Morgan fingerprint density at radius 2 is 1.50 bits per heavy atom. The molecule has 36 heavy (non-hydrogen) atoms. The van der Waals surface area contributed by atoms with Crippen LogP contribution in [0.25, 0.3) is 16.9 Å². The molecule has 4 nitrogen and oxygen atoms in total. The minimum absolute atomic E-state index is 0.229. The monoisotopic (exact) mass is 511 g/mol. The molecule has 0 unspecified atom stereocenters. The van der Waals surface area contributed by atoms with Crippen molar-refractivity contribution in [3.05, 3.63) is 142 Å². The third-order valence-electron chi connectivity index (χ3n) is 5.93. The van der Waals surface area contributed by atoms with Crippen molar-refractivity contribution < 1.29 is 4.79 Å². The molecule has 1 atom stereocenters. The van der Waals surface area contributed by atoms with Gasteiger partial charge in [0.1, 0.15) is 5.69 Å². The van der Waals surface area contributed by atoms with Crippen LogP contribution in [0.5, 0.6) is 0 Å². The quantitative estimate of drug-likeness (QED) is 0.245. The van der Waals surface area contributed by atoms with E-state index in [1.807, 2.05) is 78.9 Å². The summed E-state index contributed by atoms with van der Waals surface area (Å²) in [5.41, 5.74) is 4.58. The van der Waals surface area contributed by atoms with E-state index in [-0.39, 0.29) is 11.9 Å². The first kappa shape index (κ1) is 23.9. The first-order valence-electron chi connectivity index (χ1n) is 11.6. The zero-order valence-corrected chi connectivity index (χ0v) is 20.8. The van der Waals surface area contributed by atoms with Gasteiger partial charge in [0.05, 0.1) is 22.4 Å². The van der Waals surface area contributed by atoms with Crippen LogP contribution in [0.4, 0.5) is 0 Å². The van der Waals surface area contributed by atoms with Crippen molar-refractivity contribution in [2.75, 3.05) is 0 Å². The highest BCUT2D eigenvalue weighted by Gasteiger charge is 2.22. The Balaban J connectivity index is 1.55. The van der Waals surface area contributed by atoms with Gasteiger partial charge >= 0.3 is 0 Å². The summed E-state index contributed by atoms with van der Waals surface area (Å²) in [5.74, 6) is -0.245. The lowest BCUT2D eigenvalue weighted by Crippen LogP contribution is -2.31. The number of hydrogen-bond donors (Lipinski definition) is 1. The lowest BCUT2D eigenvalue weighted by atomic mass is 9.98. The molecule has 0 saturated heterocycles. The largest absolute Gasteiger partial charge is 0.344 e. The fraction of sp³-hybridized carbons (Fsp3) is 0.0667. The number of halogens is 2. The van der Waals surface area contributed by atoms with Crippen LogP contribution in [0.2, 0.25) is 10.0 Å². The van der Waals surface area contributed by atoms with Gasteiger partial charge in [0.15, 0.2) is 0 Å². The zero-order chi connectivity index (χ0) is 24.9. The van der Waals surface area contributed by atoms with E-state index in [2.05, 4.69) is 17.4 Å². The fourth-order valence-corrected chi connectivity index (χ4v) is 4.58. The third kappa shape index (κ3) is 5.35. The molecule has 0 spiro atoms. The van der Waals surface area contributed by atoms with E-state index >= 15 is 0 Å². The first-order valence-corrected chi connectivity index (χ1v) is 12.3. The number of nitrogens with zero attached hydrogens (tertiary/aromatic N) is 2. The molecule has 4 aromatic carbocycles. The maximum Gasteiger partial charge on any atom is 0.270 e. The highest BCUT2D eigenvalue weighted by Crippen LogP contribution is 2.29. The van der Waals surface area contributed by atoms with Crippen LogP contribution in [0.1, 0.15) is 27.7 Å². The normalized spacial score (nSPS) is 11.7. The van der Waals surface area contributed by atoms with Gasteiger partial charge in [0.2, 0.25) is 0 Å². The lowest BCUT2D eigenvalue weighted by molar-refractivity contribution is 0.0928. The third-order valence-corrected chi connectivity index (χ3v) is 6.50. The van der Waals surface area contributed by atoms with E-state index in [0.717, 1.165) is 16.7 Å². The number of nitrogens with one attached hydrogen (secondary N) is 1. The highest BCUT2D eigenvalue weighted by atomic mass is 35.5. The zero-order valence-electron chi connectivity index (χ0n) is 19.3. The van der Waals surface area contributed by atoms with E-state index in [1.54, 1.807) is 28.9 Å². The molecule has 0 aliphatic rings. The minimum atomic E-state index is -0.245. The average molecular weight is 512 g/mol. The molecule has 0 radical (unpaired) electrons. The molecule has 1 heterocycles. The first-order chi connectivity index (χ1) is 17.6. The van der Waals surface area contributed by atoms with Crippen molar-refractivity contribution >= 4 is 29.1 Å². The number of carbonyl (C=O) groups is 1. The molecular weight excluding hydrogens is 489 g/mol. The van der Waals surface area contributed by atoms with Crippen LogP contribution in [0, 0.1) is 0 Å². The van der Waals surface area contributed by atoms with E-state index in [0.29, 0.717) is 33.5 Å². The van der Waals surface area contributed by atoms with Crippen molar-refractivity contribution in [2.24, 2.45) is 0 Å². The summed E-state index contributed by atoms with van der Waals surface area (Å²) in [7, 11) is 0. The summed E-state index contributed by atoms with van der Waals surface area (Å²) in [4.78, 5) is 13.8. The van der Waals surface area contributed by atoms with Gasteiger partial charge in [0, 0.05) is 10.6 Å². The summed E-state index contributed by atoms with van der Waals surface area (Å²) in [5, 5.41) is 9.10. The van der Waals surface area contributed by atoms with Gasteiger partial charge < -0.3 is 5.32 Å². The fourth-order valence-electron chi connectivity index (χ4n) is 4.17. The molecule has 1 N–H and O–H groups in total. The Labute approximate surface area is 220 Å². The molecule has 1 aromatic heterocycles. The van der Waals surface area contributed by atoms with Gasteiger partial charge in [-0.1, -0.05) is 108 Å². The van der Waals surface area contributed by atoms with Gasteiger partial charge in [-0.05, 0) is 47.9 Å². The Kier molecular flexibility index (Phi) is 7.17. The molecule has 5 aromatic rings. The number of hydrogen-bond acceptors (Lipinski definition) is 2. The summed E-state index contributed by atoms with van der Waals surface area (Å²) < 4.78 is 1.62. The van der Waals surface area contributed by atoms with Gasteiger partial charge in [-0.25, -0.2) is 4.68 Å². The lowest BCUT2D eigenvalue weighted by Gasteiger charge is -2.20. The molecule has 0 bridgehead atoms. The van der Waals surface area contributed by atoms with Crippen molar-refractivity contribution in [2.45, 2.75) is 12.5 Å². The van der Waals surface area contributed by atoms with E-state index < -0.39 is 0 Å². The van der Waals surface area contributed by atoms with Gasteiger partial charge in [0.25, 0.3) is 5.91 Å². The SMILES string of the molecule is O=C(N[C@H](Cc1ccccc1)c1ccccc1)c1cc(-c2ccccc2Cl)nn1-c1cccc(Cl)c1. The molecule has 6 heteroatoms. The standard InChI is InChI=1S/C30H23Cl2N3O/c31-23-14-9-15-24(19-23)35-29(20-28(34-35)25-16-7-8-17-26(25)32)30(36)33-27(22-12-5-2-6-13-22)18-21-10-3-1-4-11-21/h1-17,19-20,27H,18H2,(H,33,36)/t27-/m1/s1. The van der Waals surface area contributed by atoms with Crippen molar-refractivity contribution in [1.82, 2.24) is 15.1 Å². The summed E-state index contributed by atoms with van der Waals surface area (Å²) >= 11 is 12.7. The molecule has 5 rings (SSSR count). The van der Waals surface area contributed by atoms with Crippen LogP contribution < -0.4 is 5.32 Å². The summed E-state index contributed by atoms with van der Waals surface area (Å²) in [6.07, 6.45) is 0.652. The molecular formula is C30H23Cl2N3O. The van der Waals surface area contributed by atoms with E-state index in [4.69, 9.17) is 28.3 Å². The van der Waals surface area contributed by atoms with Crippen LogP contribution in [-0.4, -0.2) is 15.7 Å². The van der Waals surface area contributed by atoms with Crippen molar-refractivity contribution in [1.29, 1.82) is 0 Å². The van der Waals surface area contributed by atoms with Crippen molar-refractivity contribution in [3.8, 4) is 16.9 Å². The van der Waals surface area contributed by atoms with Crippen LogP contribution in [0.3, 0.4) is 0 Å². The minimum Gasteiger partial charge on any atom is -0.344 e. The topological polar surface area (TPSA) is 46.9 Å². The van der Waals surface area contributed by atoms with Gasteiger partial charge in [-0.15, -0.1) is 0 Å². The van der Waals surface area contributed by atoms with Gasteiger partial charge in [-0.2, -0.15) is 5.10 Å². The predicted molar refractivity (Wildman–Crippen MR) is 146 cm³/mol. The Morgan fingerprint density at radius 3 is 2.22 bits per heavy atom. The van der Waals surface area contributed by atoms with E-state index in [1.165, 1.54) is 0 Å². The second-order valence-corrected chi connectivity index (χ2v) is 9.26. The molecule has 0 saturated carbocycles. The predicted octanol–water partition coefficient (Wildman–Crippen LogP) is 7.56. The van der Waals surface area contributed by atoms with Crippen molar-refractivity contribution in [3.63, 3.8) is 0 Å². The number of carbonyl (C=O) groups excluding carboxylic acids is 1. The number of benzene rings is 4. The average Bonchev–Trinajstić information content (AvgIpc) is 3.35. The van der Waals surface area contributed by atoms with Crippen LogP contribution in [0.15, 0.2) is 115 Å².